The Bertz CT molecular complexity index is 1090. The highest BCUT2D eigenvalue weighted by molar-refractivity contribution is 5.82. The number of nitrogens with one attached hydrogen (secondary N) is 1. The molecule has 0 bridgehead atoms. The summed E-state index contributed by atoms with van der Waals surface area (Å²) in [6.07, 6.45) is 6.53. The number of likely N-dealkylation sites (tertiary alicyclic amines) is 1. The summed E-state index contributed by atoms with van der Waals surface area (Å²) in [5, 5.41) is 13.3. The van der Waals surface area contributed by atoms with Gasteiger partial charge in [0.25, 0.3) is 5.56 Å². The number of rotatable bonds is 5. The number of likely N-dealkylation sites (N-methyl/N-ethyl adjacent to an activating group) is 1. The molecule has 168 valence electrons. The molecule has 0 radical (unpaired) electrons. The fraction of sp³-hybridized carbons (Fsp3) is 0.462. The van der Waals surface area contributed by atoms with Gasteiger partial charge in [-0.2, -0.15) is 0 Å². The summed E-state index contributed by atoms with van der Waals surface area (Å²) in [6.45, 7) is 0.944. The predicted octanol–water partition coefficient (Wildman–Crippen LogP) is 2.72. The fourth-order valence-electron chi connectivity index (χ4n) is 5.99. The molecule has 3 aliphatic rings. The highest BCUT2D eigenvalue weighted by Gasteiger charge is 2.54. The average molecular weight is 434 g/mol. The van der Waals surface area contributed by atoms with Crippen LogP contribution >= 0.6 is 0 Å². The molecule has 32 heavy (non-hydrogen) atoms. The van der Waals surface area contributed by atoms with Crippen molar-refractivity contribution in [2.75, 3.05) is 13.7 Å². The van der Waals surface area contributed by atoms with E-state index in [0.29, 0.717) is 13.1 Å². The van der Waals surface area contributed by atoms with Crippen molar-refractivity contribution < 1.29 is 9.90 Å². The summed E-state index contributed by atoms with van der Waals surface area (Å²) in [4.78, 5) is 28.5. The standard InChI is InChI=1S/C26H31N3O3/c1-28-23-20(21(16-30)24(28)25(31)27-14-17-8-4-2-5-9-17)15-29-22(23)13-12-19(26(29)32)18-10-6-3-7-11-18/h2,4-5,8-10,12-13,20-21,23-24,30H,3,6-7,11,14-16H2,1H3,(H,27,31)/t20-,21-,23+,24-/m1/s1. The van der Waals surface area contributed by atoms with Gasteiger partial charge in [-0.3, -0.25) is 14.5 Å². The van der Waals surface area contributed by atoms with Crippen molar-refractivity contribution in [2.45, 2.75) is 50.9 Å². The maximum absolute atomic E-state index is 13.3. The number of fused-ring (bicyclic) bond motifs is 3. The van der Waals surface area contributed by atoms with Gasteiger partial charge in [0.1, 0.15) is 0 Å². The molecule has 1 amide bonds. The van der Waals surface area contributed by atoms with Crippen molar-refractivity contribution in [2.24, 2.45) is 11.8 Å². The molecule has 0 unspecified atom stereocenters. The molecule has 6 heteroatoms. The first-order valence-electron chi connectivity index (χ1n) is 11.7. The van der Waals surface area contributed by atoms with Gasteiger partial charge in [-0.1, -0.05) is 36.4 Å². The highest BCUT2D eigenvalue weighted by Crippen LogP contribution is 2.48. The largest absolute Gasteiger partial charge is 0.396 e. The van der Waals surface area contributed by atoms with Crippen LogP contribution < -0.4 is 10.9 Å². The lowest BCUT2D eigenvalue weighted by atomic mass is 9.88. The molecular weight excluding hydrogens is 402 g/mol. The number of aromatic nitrogens is 1. The van der Waals surface area contributed by atoms with Crippen LogP contribution in [-0.4, -0.2) is 40.2 Å². The molecule has 1 aromatic carbocycles. The molecule has 1 fully saturated rings. The molecule has 4 atom stereocenters. The second-order valence-electron chi connectivity index (χ2n) is 9.33. The molecule has 2 aromatic rings. The van der Waals surface area contributed by atoms with Crippen LogP contribution in [0.4, 0.5) is 0 Å². The first kappa shape index (κ1) is 21.2. The minimum Gasteiger partial charge on any atom is -0.396 e. The Balaban J connectivity index is 1.40. The van der Waals surface area contributed by atoms with Crippen molar-refractivity contribution >= 4 is 11.5 Å². The van der Waals surface area contributed by atoms with Crippen LogP contribution in [0.1, 0.15) is 48.5 Å². The predicted molar refractivity (Wildman–Crippen MR) is 124 cm³/mol. The molecule has 6 nitrogen and oxygen atoms in total. The number of carbonyl (C=O) groups excluding carboxylic acids is 1. The van der Waals surface area contributed by atoms with Crippen molar-refractivity contribution in [1.82, 2.24) is 14.8 Å². The van der Waals surface area contributed by atoms with Gasteiger partial charge in [0.2, 0.25) is 5.91 Å². The van der Waals surface area contributed by atoms with E-state index in [9.17, 15) is 14.7 Å². The third-order valence-electron chi connectivity index (χ3n) is 7.57. The third kappa shape index (κ3) is 3.51. The summed E-state index contributed by atoms with van der Waals surface area (Å²) in [7, 11) is 1.94. The van der Waals surface area contributed by atoms with Crippen molar-refractivity contribution in [3.8, 4) is 0 Å². The van der Waals surface area contributed by atoms with Crippen molar-refractivity contribution in [3.05, 3.63) is 75.7 Å². The summed E-state index contributed by atoms with van der Waals surface area (Å²) >= 11 is 0. The van der Waals surface area contributed by atoms with Crippen LogP contribution in [0.2, 0.25) is 0 Å². The van der Waals surface area contributed by atoms with E-state index in [0.717, 1.165) is 36.1 Å². The van der Waals surface area contributed by atoms with Gasteiger partial charge >= 0.3 is 0 Å². The number of carbonyl (C=O) groups is 1. The van der Waals surface area contributed by atoms with E-state index < -0.39 is 6.04 Å². The fourth-order valence-corrected chi connectivity index (χ4v) is 5.99. The van der Waals surface area contributed by atoms with E-state index in [-0.39, 0.29) is 36.0 Å². The van der Waals surface area contributed by atoms with E-state index in [4.69, 9.17) is 0 Å². The second-order valence-corrected chi connectivity index (χ2v) is 9.33. The topological polar surface area (TPSA) is 74.6 Å². The maximum Gasteiger partial charge on any atom is 0.258 e. The number of hydrogen-bond acceptors (Lipinski definition) is 4. The van der Waals surface area contributed by atoms with Crippen molar-refractivity contribution in [1.29, 1.82) is 0 Å². The van der Waals surface area contributed by atoms with E-state index in [1.54, 1.807) is 0 Å². The zero-order valence-corrected chi connectivity index (χ0v) is 18.5. The summed E-state index contributed by atoms with van der Waals surface area (Å²) in [5.41, 5.74) is 4.05. The van der Waals surface area contributed by atoms with Crippen LogP contribution in [0.5, 0.6) is 0 Å². The van der Waals surface area contributed by atoms with Gasteiger partial charge in [-0.15, -0.1) is 0 Å². The quantitative estimate of drug-likeness (QED) is 0.760. The van der Waals surface area contributed by atoms with Crippen LogP contribution in [0.15, 0.2) is 53.3 Å². The van der Waals surface area contributed by atoms with Gasteiger partial charge in [0, 0.05) is 42.8 Å². The second kappa shape index (κ2) is 8.68. The third-order valence-corrected chi connectivity index (χ3v) is 7.57. The normalized spacial score (nSPS) is 27.0. The molecule has 2 aliphatic heterocycles. The Hall–Kier alpha value is -2.70. The number of nitrogens with zero attached hydrogens (tertiary/aromatic N) is 2. The van der Waals surface area contributed by atoms with Crippen LogP contribution in [-0.2, 0) is 17.9 Å². The molecular formula is C26H31N3O3. The SMILES string of the molecule is CN1[C@@H]2c3ccc(C4=CCCCC4)c(=O)n3C[C@@H]2[C@@H](CO)[C@@H]1C(=O)NCc1ccccc1. The molecule has 5 rings (SSSR count). The lowest BCUT2D eigenvalue weighted by molar-refractivity contribution is -0.127. The zero-order chi connectivity index (χ0) is 22.2. The number of pyridine rings is 1. The number of benzene rings is 1. The van der Waals surface area contributed by atoms with Gasteiger partial charge in [-0.05, 0) is 56.0 Å². The van der Waals surface area contributed by atoms with Crippen molar-refractivity contribution in [3.63, 3.8) is 0 Å². The molecule has 1 saturated heterocycles. The molecule has 2 N–H and O–H groups in total. The number of allylic oxidation sites excluding steroid dienone is 2. The summed E-state index contributed by atoms with van der Waals surface area (Å²) < 4.78 is 1.89. The lowest BCUT2D eigenvalue weighted by Crippen LogP contribution is -2.46. The van der Waals surface area contributed by atoms with E-state index in [1.165, 1.54) is 12.0 Å². The molecule has 0 saturated carbocycles. The molecule has 1 aliphatic carbocycles. The molecule has 0 spiro atoms. The Kier molecular flexibility index (Phi) is 5.74. The maximum atomic E-state index is 13.3. The van der Waals surface area contributed by atoms with Gasteiger partial charge in [0.15, 0.2) is 0 Å². The summed E-state index contributed by atoms with van der Waals surface area (Å²) in [6, 6.07) is 13.4. The van der Waals surface area contributed by atoms with Gasteiger partial charge in [0.05, 0.1) is 12.1 Å². The monoisotopic (exact) mass is 433 g/mol. The van der Waals surface area contributed by atoms with Crippen LogP contribution in [0.25, 0.3) is 5.57 Å². The Morgan fingerprint density at radius 2 is 1.97 bits per heavy atom. The summed E-state index contributed by atoms with van der Waals surface area (Å²) in [5.74, 6) is -0.235. The van der Waals surface area contributed by atoms with E-state index in [2.05, 4.69) is 22.4 Å². The first-order valence-corrected chi connectivity index (χ1v) is 11.7. The Labute approximate surface area is 188 Å². The molecule has 1 aromatic heterocycles. The first-order chi connectivity index (χ1) is 15.6. The van der Waals surface area contributed by atoms with Crippen LogP contribution in [0.3, 0.4) is 0 Å². The van der Waals surface area contributed by atoms with Crippen LogP contribution in [0, 0.1) is 11.8 Å². The highest BCUT2D eigenvalue weighted by atomic mass is 16.3. The van der Waals surface area contributed by atoms with Gasteiger partial charge in [-0.25, -0.2) is 0 Å². The Morgan fingerprint density at radius 3 is 2.69 bits per heavy atom. The van der Waals surface area contributed by atoms with Gasteiger partial charge < -0.3 is 15.0 Å². The Morgan fingerprint density at radius 1 is 1.16 bits per heavy atom. The smallest absolute Gasteiger partial charge is 0.258 e. The zero-order valence-electron chi connectivity index (χ0n) is 18.5. The number of hydrogen-bond donors (Lipinski definition) is 2. The molecule has 3 heterocycles. The lowest BCUT2D eigenvalue weighted by Gasteiger charge is -2.27. The minimum absolute atomic E-state index is 0.0401. The number of amides is 1. The van der Waals surface area contributed by atoms with E-state index >= 15 is 0 Å². The average Bonchev–Trinajstić information content (AvgIpc) is 3.34. The number of aliphatic hydroxyl groups excluding tert-OH is 1. The van der Waals surface area contributed by atoms with E-state index in [1.807, 2.05) is 48.0 Å². The minimum atomic E-state index is -0.414. The number of aliphatic hydroxyl groups is 1.